The van der Waals surface area contributed by atoms with Crippen LogP contribution in [0.5, 0.6) is 0 Å². The molecular formula is C19H24N2OS. The molecule has 0 aliphatic heterocycles. The van der Waals surface area contributed by atoms with Crippen LogP contribution in [-0.4, -0.2) is 36.7 Å². The third-order valence-corrected chi connectivity index (χ3v) is 4.60. The van der Waals surface area contributed by atoms with Gasteiger partial charge in [0, 0.05) is 30.1 Å². The molecule has 0 aromatic heterocycles. The van der Waals surface area contributed by atoms with Crippen LogP contribution in [0, 0.1) is 6.92 Å². The van der Waals surface area contributed by atoms with Gasteiger partial charge in [-0.25, -0.2) is 0 Å². The number of aryl methyl sites for hydroxylation is 1. The summed E-state index contributed by atoms with van der Waals surface area (Å²) < 4.78 is 0. The molecule has 2 N–H and O–H groups in total. The van der Waals surface area contributed by atoms with Crippen molar-refractivity contribution in [2.45, 2.75) is 18.2 Å². The van der Waals surface area contributed by atoms with Crippen LogP contribution >= 0.6 is 11.8 Å². The van der Waals surface area contributed by atoms with Gasteiger partial charge in [-0.3, -0.25) is 4.79 Å². The molecule has 2 aromatic carbocycles. The molecule has 23 heavy (non-hydrogen) atoms. The molecule has 0 fully saturated rings. The molecule has 0 saturated heterocycles. The van der Waals surface area contributed by atoms with Gasteiger partial charge in [0.2, 0.25) is 0 Å². The van der Waals surface area contributed by atoms with Crippen molar-refractivity contribution in [1.82, 2.24) is 4.90 Å². The van der Waals surface area contributed by atoms with Gasteiger partial charge in [0.1, 0.15) is 0 Å². The summed E-state index contributed by atoms with van der Waals surface area (Å²) in [5, 5.41) is 0. The van der Waals surface area contributed by atoms with E-state index in [4.69, 9.17) is 5.73 Å². The molecule has 0 saturated carbocycles. The van der Waals surface area contributed by atoms with Gasteiger partial charge in [-0.15, -0.1) is 11.8 Å². The van der Waals surface area contributed by atoms with E-state index in [0.717, 1.165) is 22.4 Å². The highest BCUT2D eigenvalue weighted by Gasteiger charge is 2.17. The molecule has 0 unspecified atom stereocenters. The Kier molecular flexibility index (Phi) is 6.68. The molecule has 122 valence electrons. The van der Waals surface area contributed by atoms with Gasteiger partial charge < -0.3 is 10.6 Å². The van der Waals surface area contributed by atoms with Crippen molar-refractivity contribution in [3.8, 4) is 0 Å². The first-order chi connectivity index (χ1) is 11.2. The average molecular weight is 328 g/mol. The lowest BCUT2D eigenvalue weighted by Gasteiger charge is -2.23. The first kappa shape index (κ1) is 17.6. The van der Waals surface area contributed by atoms with Crippen molar-refractivity contribution in [2.24, 2.45) is 5.73 Å². The van der Waals surface area contributed by atoms with Crippen molar-refractivity contribution in [3.05, 3.63) is 65.2 Å². The van der Waals surface area contributed by atoms with Crippen LogP contribution in [0.25, 0.3) is 0 Å². The molecule has 4 heteroatoms. The highest BCUT2D eigenvalue weighted by atomic mass is 32.2. The first-order valence-electron chi connectivity index (χ1n) is 7.83. The van der Waals surface area contributed by atoms with Crippen LogP contribution < -0.4 is 5.73 Å². The number of thioether (sulfide) groups is 1. The smallest absolute Gasteiger partial charge is 0.254 e. The highest BCUT2D eigenvalue weighted by molar-refractivity contribution is 7.98. The van der Waals surface area contributed by atoms with Crippen molar-refractivity contribution in [3.63, 3.8) is 0 Å². The van der Waals surface area contributed by atoms with Gasteiger partial charge in [0.05, 0.1) is 0 Å². The molecule has 0 heterocycles. The number of hydrogen-bond acceptors (Lipinski definition) is 3. The maximum absolute atomic E-state index is 12.9. The summed E-state index contributed by atoms with van der Waals surface area (Å²) >= 11 is 1.65. The lowest BCUT2D eigenvalue weighted by Crippen LogP contribution is -2.37. The van der Waals surface area contributed by atoms with Gasteiger partial charge in [0.15, 0.2) is 0 Å². The number of amides is 1. The normalized spacial score (nSPS) is 10.6. The van der Waals surface area contributed by atoms with Crippen molar-refractivity contribution < 1.29 is 4.79 Å². The molecule has 0 bridgehead atoms. The maximum Gasteiger partial charge on any atom is 0.254 e. The number of nitrogens with zero attached hydrogens (tertiary/aromatic N) is 1. The van der Waals surface area contributed by atoms with E-state index in [2.05, 4.69) is 12.1 Å². The van der Waals surface area contributed by atoms with E-state index in [1.807, 2.05) is 54.5 Å². The average Bonchev–Trinajstić information content (AvgIpc) is 2.59. The summed E-state index contributed by atoms with van der Waals surface area (Å²) in [6.45, 7) is 3.72. The minimum Gasteiger partial charge on any atom is -0.337 e. The predicted octanol–water partition coefficient (Wildman–Crippen LogP) is 3.36. The second-order valence-electron chi connectivity index (χ2n) is 5.50. The van der Waals surface area contributed by atoms with Gasteiger partial charge >= 0.3 is 0 Å². The van der Waals surface area contributed by atoms with Crippen LogP contribution in [0.2, 0.25) is 0 Å². The molecule has 3 nitrogen and oxygen atoms in total. The molecule has 0 aliphatic carbocycles. The molecule has 2 aromatic rings. The number of carbonyl (C=O) groups is 1. The molecular weight excluding hydrogens is 304 g/mol. The predicted molar refractivity (Wildman–Crippen MR) is 98.1 cm³/mol. The van der Waals surface area contributed by atoms with Gasteiger partial charge in [-0.2, -0.15) is 0 Å². The number of carbonyl (C=O) groups excluding carboxylic acids is 1. The Balaban J connectivity index is 2.14. The fourth-order valence-electron chi connectivity index (χ4n) is 2.51. The Morgan fingerprint density at radius 2 is 1.87 bits per heavy atom. The van der Waals surface area contributed by atoms with E-state index in [0.29, 0.717) is 19.6 Å². The summed E-state index contributed by atoms with van der Waals surface area (Å²) in [6.07, 6.45) is 2.86. The monoisotopic (exact) mass is 328 g/mol. The molecule has 1 amide bonds. The standard InChI is InChI=1S/C19H24N2OS/c1-15-8-9-17(23-2)14-18(15)19(22)21(13-11-20)12-10-16-6-4-3-5-7-16/h3-9,14H,10-13,20H2,1-2H3. The molecule has 0 spiro atoms. The SMILES string of the molecule is CSc1ccc(C)c(C(=O)N(CCN)CCc2ccccc2)c1. The van der Waals surface area contributed by atoms with Crippen LogP contribution in [0.4, 0.5) is 0 Å². The Morgan fingerprint density at radius 1 is 1.13 bits per heavy atom. The maximum atomic E-state index is 12.9. The minimum atomic E-state index is 0.0692. The fraction of sp³-hybridized carbons (Fsp3) is 0.316. The van der Waals surface area contributed by atoms with Crippen molar-refractivity contribution in [1.29, 1.82) is 0 Å². The number of nitrogens with two attached hydrogens (primary N) is 1. The fourth-order valence-corrected chi connectivity index (χ4v) is 2.95. The summed E-state index contributed by atoms with van der Waals surface area (Å²) in [6, 6.07) is 16.3. The van der Waals surface area contributed by atoms with E-state index in [-0.39, 0.29) is 5.91 Å². The third-order valence-electron chi connectivity index (χ3n) is 3.87. The first-order valence-corrected chi connectivity index (χ1v) is 9.06. The second-order valence-corrected chi connectivity index (χ2v) is 6.38. The van der Waals surface area contributed by atoms with E-state index < -0.39 is 0 Å². The topological polar surface area (TPSA) is 46.3 Å². The Morgan fingerprint density at radius 3 is 2.52 bits per heavy atom. The zero-order valence-corrected chi connectivity index (χ0v) is 14.6. The van der Waals surface area contributed by atoms with Crippen LogP contribution in [0.15, 0.2) is 53.4 Å². The molecule has 2 rings (SSSR count). The Hall–Kier alpha value is -1.78. The van der Waals surface area contributed by atoms with Crippen molar-refractivity contribution >= 4 is 17.7 Å². The lowest BCUT2D eigenvalue weighted by atomic mass is 10.1. The molecule has 0 atom stereocenters. The summed E-state index contributed by atoms with van der Waals surface area (Å²) in [4.78, 5) is 15.9. The number of hydrogen-bond donors (Lipinski definition) is 1. The van der Waals surface area contributed by atoms with E-state index in [9.17, 15) is 4.79 Å². The summed E-state index contributed by atoms with van der Waals surface area (Å²) in [5.41, 5.74) is 8.73. The van der Waals surface area contributed by atoms with Gasteiger partial charge in [0.25, 0.3) is 5.91 Å². The summed E-state index contributed by atoms with van der Waals surface area (Å²) in [5.74, 6) is 0.0692. The number of rotatable bonds is 7. The summed E-state index contributed by atoms with van der Waals surface area (Å²) in [7, 11) is 0. The zero-order chi connectivity index (χ0) is 16.7. The highest BCUT2D eigenvalue weighted by Crippen LogP contribution is 2.20. The van der Waals surface area contributed by atoms with E-state index in [1.54, 1.807) is 11.8 Å². The largest absolute Gasteiger partial charge is 0.337 e. The molecule has 0 aliphatic rings. The quantitative estimate of drug-likeness (QED) is 0.793. The van der Waals surface area contributed by atoms with Crippen LogP contribution in [0.1, 0.15) is 21.5 Å². The van der Waals surface area contributed by atoms with E-state index in [1.165, 1.54) is 5.56 Å². The number of benzene rings is 2. The zero-order valence-electron chi connectivity index (χ0n) is 13.8. The van der Waals surface area contributed by atoms with Gasteiger partial charge in [-0.05, 0) is 42.9 Å². The molecule has 0 radical (unpaired) electrons. The van der Waals surface area contributed by atoms with E-state index >= 15 is 0 Å². The van der Waals surface area contributed by atoms with Crippen molar-refractivity contribution in [2.75, 3.05) is 25.9 Å². The third kappa shape index (κ3) is 4.85. The van der Waals surface area contributed by atoms with Crippen LogP contribution in [-0.2, 0) is 6.42 Å². The Labute approximate surface area is 142 Å². The van der Waals surface area contributed by atoms with Crippen LogP contribution in [0.3, 0.4) is 0 Å². The Bertz CT molecular complexity index is 643. The lowest BCUT2D eigenvalue weighted by molar-refractivity contribution is 0.0761. The van der Waals surface area contributed by atoms with Gasteiger partial charge in [-0.1, -0.05) is 36.4 Å². The minimum absolute atomic E-state index is 0.0692. The second kappa shape index (κ2) is 8.75.